The first-order chi connectivity index (χ1) is 16.7. The molecular formula is C30H21NO2S. The molecule has 0 N–H and O–H groups in total. The van der Waals surface area contributed by atoms with Gasteiger partial charge in [0.1, 0.15) is 0 Å². The molecule has 0 unspecified atom stereocenters. The number of carbonyl (C=O) groups excluding carboxylic acids is 2. The Bertz CT molecular complexity index is 1470. The summed E-state index contributed by atoms with van der Waals surface area (Å²) in [6.07, 6.45) is 7.52. The zero-order chi connectivity index (χ0) is 23.1. The Labute approximate surface area is 202 Å². The molecule has 34 heavy (non-hydrogen) atoms. The number of hydrogen-bond donors (Lipinski definition) is 0. The van der Waals surface area contributed by atoms with Gasteiger partial charge in [-0.05, 0) is 83.1 Å². The molecule has 1 heterocycles. The van der Waals surface area contributed by atoms with Crippen LogP contribution in [-0.2, 0) is 0 Å². The van der Waals surface area contributed by atoms with Crippen LogP contribution in [0.25, 0.3) is 10.8 Å². The number of hydrogen-bond acceptors (Lipinski definition) is 4. The summed E-state index contributed by atoms with van der Waals surface area (Å²) in [6.45, 7) is 0. The lowest BCUT2D eigenvalue weighted by Gasteiger charge is -2.28. The average molecular weight is 460 g/mol. The van der Waals surface area contributed by atoms with Crippen molar-refractivity contribution in [2.75, 3.05) is 4.90 Å². The van der Waals surface area contributed by atoms with Crippen molar-refractivity contribution in [1.29, 1.82) is 0 Å². The second-order valence-electron chi connectivity index (χ2n) is 8.48. The Morgan fingerprint density at radius 1 is 0.735 bits per heavy atom. The summed E-state index contributed by atoms with van der Waals surface area (Å²) >= 11 is 1.70. The van der Waals surface area contributed by atoms with E-state index in [1.54, 1.807) is 17.4 Å². The van der Waals surface area contributed by atoms with E-state index in [9.17, 15) is 9.59 Å². The SMILES string of the molecule is O=C1C(=CC2=CC=C(N(c3ccccc3)c3cccs3)CC2)C(=O)c2cc3ccccc3cc21. The molecule has 0 saturated heterocycles. The third-order valence-electron chi connectivity index (χ3n) is 6.38. The topological polar surface area (TPSA) is 37.4 Å². The molecule has 6 rings (SSSR count). The van der Waals surface area contributed by atoms with Gasteiger partial charge in [0.05, 0.1) is 10.6 Å². The second-order valence-corrected chi connectivity index (χ2v) is 9.41. The van der Waals surface area contributed by atoms with E-state index in [1.165, 1.54) is 5.70 Å². The molecule has 2 aliphatic carbocycles. The van der Waals surface area contributed by atoms with Crippen LogP contribution in [-0.4, -0.2) is 11.6 Å². The molecule has 0 radical (unpaired) electrons. The highest BCUT2D eigenvalue weighted by atomic mass is 32.1. The van der Waals surface area contributed by atoms with Crippen LogP contribution in [0.15, 0.2) is 119 Å². The molecule has 0 aliphatic heterocycles. The fraction of sp³-hybridized carbons (Fsp3) is 0.0667. The van der Waals surface area contributed by atoms with E-state index in [-0.39, 0.29) is 17.1 Å². The Kier molecular flexibility index (Phi) is 5.08. The minimum absolute atomic E-state index is 0.175. The predicted octanol–water partition coefficient (Wildman–Crippen LogP) is 7.65. The van der Waals surface area contributed by atoms with Gasteiger partial charge in [0.15, 0.2) is 11.6 Å². The van der Waals surface area contributed by atoms with Gasteiger partial charge in [-0.25, -0.2) is 0 Å². The minimum Gasteiger partial charge on any atom is -0.306 e. The highest BCUT2D eigenvalue weighted by Crippen LogP contribution is 2.37. The Morgan fingerprint density at radius 2 is 1.41 bits per heavy atom. The van der Waals surface area contributed by atoms with Crippen molar-refractivity contribution in [3.05, 3.63) is 130 Å². The maximum absolute atomic E-state index is 13.1. The number of para-hydroxylation sites is 1. The number of nitrogens with zero attached hydrogens (tertiary/aromatic N) is 1. The lowest BCUT2D eigenvalue weighted by molar-refractivity contribution is 0.0988. The van der Waals surface area contributed by atoms with Gasteiger partial charge in [-0.1, -0.05) is 48.5 Å². The second kappa shape index (κ2) is 8.40. The first kappa shape index (κ1) is 20.6. The number of ketones is 2. The first-order valence-electron chi connectivity index (χ1n) is 11.3. The summed E-state index contributed by atoms with van der Waals surface area (Å²) < 4.78 is 0. The molecule has 2 aliphatic rings. The number of carbonyl (C=O) groups is 2. The maximum atomic E-state index is 13.1. The third kappa shape index (κ3) is 3.53. The van der Waals surface area contributed by atoms with Crippen molar-refractivity contribution in [3.8, 4) is 0 Å². The van der Waals surface area contributed by atoms with Crippen LogP contribution in [0.4, 0.5) is 10.7 Å². The van der Waals surface area contributed by atoms with Gasteiger partial charge in [-0.15, -0.1) is 11.3 Å². The summed E-state index contributed by atoms with van der Waals surface area (Å²) in [5, 5.41) is 5.19. The van der Waals surface area contributed by atoms with Crippen molar-refractivity contribution in [2.24, 2.45) is 0 Å². The number of thiophene rings is 1. The lowest BCUT2D eigenvalue weighted by atomic mass is 9.98. The van der Waals surface area contributed by atoms with Gasteiger partial charge in [-0.2, -0.15) is 0 Å². The Morgan fingerprint density at radius 3 is 2.00 bits per heavy atom. The average Bonchev–Trinajstić information content (AvgIpc) is 3.48. The first-order valence-corrected chi connectivity index (χ1v) is 12.2. The molecule has 0 fully saturated rings. The molecule has 4 aromatic rings. The summed E-state index contributed by atoms with van der Waals surface area (Å²) in [5.74, 6) is -0.350. The van der Waals surface area contributed by atoms with Crippen LogP contribution in [0, 0.1) is 0 Å². The van der Waals surface area contributed by atoms with Gasteiger partial charge in [0.25, 0.3) is 0 Å². The van der Waals surface area contributed by atoms with E-state index in [0.29, 0.717) is 11.1 Å². The van der Waals surface area contributed by atoms with E-state index in [0.717, 1.165) is 39.9 Å². The highest BCUT2D eigenvalue weighted by Gasteiger charge is 2.33. The monoisotopic (exact) mass is 459 g/mol. The Hall–Kier alpha value is -4.02. The van der Waals surface area contributed by atoms with E-state index in [4.69, 9.17) is 0 Å². The molecule has 3 nitrogen and oxygen atoms in total. The molecular weight excluding hydrogens is 438 g/mol. The molecule has 0 amide bonds. The standard InChI is InChI=1S/C30H21NO2S/c32-29-25-18-21-7-4-5-8-22(21)19-26(25)30(33)27(29)17-20-12-14-24(15-13-20)31(28-11-6-16-34-28)23-9-2-1-3-10-23/h1-12,14,16-19H,13,15H2. The summed E-state index contributed by atoms with van der Waals surface area (Å²) in [5.41, 5.74) is 4.60. The van der Waals surface area contributed by atoms with Crippen LogP contribution in [0.2, 0.25) is 0 Å². The van der Waals surface area contributed by atoms with Crippen molar-refractivity contribution < 1.29 is 9.59 Å². The summed E-state index contributed by atoms with van der Waals surface area (Å²) in [7, 11) is 0. The van der Waals surface area contributed by atoms with Crippen LogP contribution < -0.4 is 4.90 Å². The van der Waals surface area contributed by atoms with Crippen molar-refractivity contribution >= 4 is 44.4 Å². The fourth-order valence-electron chi connectivity index (χ4n) is 4.68. The molecule has 3 aromatic carbocycles. The Balaban J connectivity index is 1.34. The van der Waals surface area contributed by atoms with E-state index < -0.39 is 0 Å². The molecule has 164 valence electrons. The number of Topliss-reactive ketones (excluding diaryl/α,β-unsaturated/α-hetero) is 2. The van der Waals surface area contributed by atoms with E-state index in [1.807, 2.05) is 60.7 Å². The van der Waals surface area contributed by atoms with E-state index in [2.05, 4.69) is 40.6 Å². The third-order valence-corrected chi connectivity index (χ3v) is 7.24. The molecule has 1 aromatic heterocycles. The zero-order valence-electron chi connectivity index (χ0n) is 18.4. The molecule has 0 atom stereocenters. The minimum atomic E-state index is -0.175. The highest BCUT2D eigenvalue weighted by molar-refractivity contribution is 7.14. The largest absolute Gasteiger partial charge is 0.306 e. The van der Waals surface area contributed by atoms with Crippen LogP contribution >= 0.6 is 11.3 Å². The lowest BCUT2D eigenvalue weighted by Crippen LogP contribution is -2.16. The van der Waals surface area contributed by atoms with Crippen LogP contribution in [0.3, 0.4) is 0 Å². The van der Waals surface area contributed by atoms with Crippen molar-refractivity contribution in [1.82, 2.24) is 0 Å². The van der Waals surface area contributed by atoms with E-state index >= 15 is 0 Å². The van der Waals surface area contributed by atoms with Gasteiger partial charge in [0.2, 0.25) is 0 Å². The zero-order valence-corrected chi connectivity index (χ0v) is 19.2. The number of allylic oxidation sites excluding steroid dienone is 6. The van der Waals surface area contributed by atoms with Crippen molar-refractivity contribution in [3.63, 3.8) is 0 Å². The normalized spacial score (nSPS) is 15.2. The number of benzene rings is 3. The number of fused-ring (bicyclic) bond motifs is 2. The summed E-state index contributed by atoms with van der Waals surface area (Å²) in [6, 6.07) is 26.0. The molecule has 4 heteroatoms. The van der Waals surface area contributed by atoms with Crippen LogP contribution in [0.5, 0.6) is 0 Å². The maximum Gasteiger partial charge on any atom is 0.197 e. The molecule has 0 bridgehead atoms. The molecule has 0 spiro atoms. The van der Waals surface area contributed by atoms with Gasteiger partial charge >= 0.3 is 0 Å². The number of anilines is 2. The molecule has 0 saturated carbocycles. The van der Waals surface area contributed by atoms with Crippen LogP contribution in [0.1, 0.15) is 33.6 Å². The van der Waals surface area contributed by atoms with Gasteiger partial charge < -0.3 is 4.90 Å². The fourth-order valence-corrected chi connectivity index (χ4v) is 5.47. The van der Waals surface area contributed by atoms with Gasteiger partial charge in [0, 0.05) is 22.5 Å². The smallest absolute Gasteiger partial charge is 0.197 e. The number of rotatable bonds is 4. The quantitative estimate of drug-likeness (QED) is 0.232. The van der Waals surface area contributed by atoms with Crippen molar-refractivity contribution in [2.45, 2.75) is 12.8 Å². The van der Waals surface area contributed by atoms with Gasteiger partial charge in [-0.3, -0.25) is 9.59 Å². The summed E-state index contributed by atoms with van der Waals surface area (Å²) in [4.78, 5) is 28.5. The predicted molar refractivity (Wildman–Crippen MR) is 139 cm³/mol.